The Labute approximate surface area is 99.2 Å². The Kier molecular flexibility index (Phi) is 2.45. The second-order valence-corrected chi connectivity index (χ2v) is 4.70. The molecule has 1 aromatic carbocycles. The van der Waals surface area contributed by atoms with Crippen LogP contribution in [-0.4, -0.2) is 22.6 Å². The van der Waals surface area contributed by atoms with Crippen LogP contribution < -0.4 is 0 Å². The largest absolute Gasteiger partial charge is 0.478 e. The number of cyclic esters (lactones) is 1. The van der Waals surface area contributed by atoms with Gasteiger partial charge < -0.3 is 9.84 Å². The number of hydrogen-bond acceptors (Lipinski definition) is 3. The molecule has 4 nitrogen and oxygen atoms in total. The third-order valence-electron chi connectivity index (χ3n) is 3.24. The van der Waals surface area contributed by atoms with Crippen molar-refractivity contribution in [3.05, 3.63) is 34.4 Å². The minimum Gasteiger partial charge on any atom is -0.478 e. The summed E-state index contributed by atoms with van der Waals surface area (Å²) in [5, 5.41) is 9.09. The number of carbonyl (C=O) groups excluding carboxylic acids is 1. The predicted molar refractivity (Wildman–Crippen MR) is 61.1 cm³/mol. The van der Waals surface area contributed by atoms with Gasteiger partial charge in [-0.15, -0.1) is 0 Å². The van der Waals surface area contributed by atoms with Crippen LogP contribution in [0.3, 0.4) is 0 Å². The van der Waals surface area contributed by atoms with E-state index in [9.17, 15) is 9.59 Å². The van der Waals surface area contributed by atoms with Gasteiger partial charge in [-0.25, -0.2) is 9.59 Å². The molecule has 1 aromatic rings. The Bertz CT molecular complexity index is 518. The molecule has 0 bridgehead atoms. The SMILES string of the molecule is Cc1cc2c(cc1C)C(=O)OC(C)(C(=O)O)C2. The lowest BCUT2D eigenvalue weighted by atomic mass is 9.88. The first-order valence-electron chi connectivity index (χ1n) is 5.40. The Hall–Kier alpha value is -1.84. The molecule has 1 heterocycles. The van der Waals surface area contributed by atoms with Crippen LogP contribution in [0.5, 0.6) is 0 Å². The lowest BCUT2D eigenvalue weighted by molar-refractivity contribution is -0.158. The number of esters is 1. The van der Waals surface area contributed by atoms with Crippen molar-refractivity contribution in [3.63, 3.8) is 0 Å². The van der Waals surface area contributed by atoms with Gasteiger partial charge in [-0.3, -0.25) is 0 Å². The van der Waals surface area contributed by atoms with Crippen LogP contribution in [0.2, 0.25) is 0 Å². The first-order valence-corrected chi connectivity index (χ1v) is 5.40. The van der Waals surface area contributed by atoms with Crippen molar-refractivity contribution in [1.82, 2.24) is 0 Å². The lowest BCUT2D eigenvalue weighted by Gasteiger charge is -2.31. The average molecular weight is 234 g/mol. The van der Waals surface area contributed by atoms with Gasteiger partial charge in [0.05, 0.1) is 5.56 Å². The monoisotopic (exact) mass is 234 g/mol. The fourth-order valence-electron chi connectivity index (χ4n) is 1.99. The van der Waals surface area contributed by atoms with Crippen molar-refractivity contribution >= 4 is 11.9 Å². The summed E-state index contributed by atoms with van der Waals surface area (Å²) in [6.07, 6.45) is 0.213. The standard InChI is InChI=1S/C13H14O4/c1-7-4-9-6-13(3,12(15)16)17-11(14)10(9)5-8(7)2/h4-5H,6H2,1-3H3,(H,15,16). The van der Waals surface area contributed by atoms with Crippen molar-refractivity contribution in [2.24, 2.45) is 0 Å². The van der Waals surface area contributed by atoms with Gasteiger partial charge in [0.1, 0.15) is 0 Å². The molecule has 17 heavy (non-hydrogen) atoms. The molecular formula is C13H14O4. The molecule has 0 aliphatic carbocycles. The van der Waals surface area contributed by atoms with E-state index < -0.39 is 17.5 Å². The number of aryl methyl sites for hydroxylation is 2. The Morgan fingerprint density at radius 2 is 1.94 bits per heavy atom. The molecule has 1 atom stereocenters. The molecule has 0 amide bonds. The lowest BCUT2D eigenvalue weighted by Crippen LogP contribution is -2.45. The highest BCUT2D eigenvalue weighted by Crippen LogP contribution is 2.30. The number of carboxylic acid groups (broad SMARTS) is 1. The summed E-state index contributed by atoms with van der Waals surface area (Å²) in [7, 11) is 0. The number of aliphatic carboxylic acids is 1. The Morgan fingerprint density at radius 1 is 1.35 bits per heavy atom. The first kappa shape index (κ1) is 11.6. The molecule has 0 saturated carbocycles. The maximum atomic E-state index is 11.8. The summed E-state index contributed by atoms with van der Waals surface area (Å²) >= 11 is 0. The number of rotatable bonds is 1. The molecular weight excluding hydrogens is 220 g/mol. The second kappa shape index (κ2) is 3.58. The van der Waals surface area contributed by atoms with Crippen molar-refractivity contribution in [2.75, 3.05) is 0 Å². The molecule has 0 saturated heterocycles. The molecule has 0 spiro atoms. The quantitative estimate of drug-likeness (QED) is 0.753. The van der Waals surface area contributed by atoms with Crippen LogP contribution in [0.1, 0.15) is 34.0 Å². The van der Waals surface area contributed by atoms with Crippen LogP contribution in [0.4, 0.5) is 0 Å². The van der Waals surface area contributed by atoms with Crippen LogP contribution in [0.25, 0.3) is 0 Å². The number of carboxylic acids is 1. The maximum Gasteiger partial charge on any atom is 0.348 e. The Balaban J connectivity index is 2.54. The summed E-state index contributed by atoms with van der Waals surface area (Å²) < 4.78 is 5.02. The highest BCUT2D eigenvalue weighted by molar-refractivity contribution is 5.96. The fraction of sp³-hybridized carbons (Fsp3) is 0.385. The maximum absolute atomic E-state index is 11.8. The van der Waals surface area contributed by atoms with E-state index >= 15 is 0 Å². The number of ether oxygens (including phenoxy) is 1. The fourth-order valence-corrected chi connectivity index (χ4v) is 1.99. The van der Waals surface area contributed by atoms with E-state index in [0.717, 1.165) is 16.7 Å². The number of carbonyl (C=O) groups is 2. The molecule has 1 aliphatic heterocycles. The summed E-state index contributed by atoms with van der Waals surface area (Å²) in [4.78, 5) is 22.9. The molecule has 0 radical (unpaired) electrons. The molecule has 90 valence electrons. The van der Waals surface area contributed by atoms with E-state index in [0.29, 0.717) is 5.56 Å². The van der Waals surface area contributed by atoms with Crippen LogP contribution >= 0.6 is 0 Å². The topological polar surface area (TPSA) is 63.6 Å². The van der Waals surface area contributed by atoms with Gasteiger partial charge in [-0.05, 0) is 43.5 Å². The summed E-state index contributed by atoms with van der Waals surface area (Å²) in [5.74, 6) is -1.67. The third kappa shape index (κ3) is 1.79. The molecule has 0 fully saturated rings. The van der Waals surface area contributed by atoms with Crippen molar-refractivity contribution < 1.29 is 19.4 Å². The van der Waals surface area contributed by atoms with Crippen LogP contribution in [-0.2, 0) is 16.0 Å². The zero-order valence-corrected chi connectivity index (χ0v) is 10.0. The summed E-state index contributed by atoms with van der Waals surface area (Å²) in [6.45, 7) is 5.27. The Morgan fingerprint density at radius 3 is 2.53 bits per heavy atom. The molecule has 2 rings (SSSR count). The van der Waals surface area contributed by atoms with E-state index in [1.54, 1.807) is 6.07 Å². The first-order chi connectivity index (χ1) is 7.83. The predicted octanol–water partition coefficient (Wildman–Crippen LogP) is 1.86. The normalized spacial score (nSPS) is 22.9. The molecule has 1 N–H and O–H groups in total. The van der Waals surface area contributed by atoms with Crippen molar-refractivity contribution in [2.45, 2.75) is 32.8 Å². The van der Waals surface area contributed by atoms with Gasteiger partial charge in [-0.2, -0.15) is 0 Å². The van der Waals surface area contributed by atoms with Gasteiger partial charge in [0.25, 0.3) is 0 Å². The smallest absolute Gasteiger partial charge is 0.348 e. The van der Waals surface area contributed by atoms with Gasteiger partial charge in [0.15, 0.2) is 0 Å². The molecule has 1 aliphatic rings. The van der Waals surface area contributed by atoms with E-state index in [1.165, 1.54) is 6.92 Å². The van der Waals surface area contributed by atoms with Gasteiger partial charge in [-0.1, -0.05) is 6.07 Å². The van der Waals surface area contributed by atoms with E-state index in [2.05, 4.69) is 0 Å². The highest BCUT2D eigenvalue weighted by Gasteiger charge is 2.42. The van der Waals surface area contributed by atoms with E-state index in [-0.39, 0.29) is 6.42 Å². The zero-order valence-electron chi connectivity index (χ0n) is 10.0. The number of benzene rings is 1. The highest BCUT2D eigenvalue weighted by atomic mass is 16.6. The molecule has 4 heteroatoms. The van der Waals surface area contributed by atoms with Crippen molar-refractivity contribution in [3.8, 4) is 0 Å². The average Bonchev–Trinajstić information content (AvgIpc) is 2.21. The zero-order chi connectivity index (χ0) is 12.8. The minimum atomic E-state index is -1.45. The van der Waals surface area contributed by atoms with Crippen molar-refractivity contribution in [1.29, 1.82) is 0 Å². The summed E-state index contributed by atoms with van der Waals surface area (Å²) in [6, 6.07) is 3.63. The van der Waals surface area contributed by atoms with Gasteiger partial charge in [0.2, 0.25) is 5.60 Å². The number of fused-ring (bicyclic) bond motifs is 1. The molecule has 0 aromatic heterocycles. The van der Waals surface area contributed by atoms with Crippen LogP contribution in [0, 0.1) is 13.8 Å². The van der Waals surface area contributed by atoms with Gasteiger partial charge in [0, 0.05) is 6.42 Å². The van der Waals surface area contributed by atoms with E-state index in [1.807, 2.05) is 19.9 Å². The van der Waals surface area contributed by atoms with Crippen LogP contribution in [0.15, 0.2) is 12.1 Å². The molecule has 1 unspecified atom stereocenters. The number of hydrogen-bond donors (Lipinski definition) is 1. The van der Waals surface area contributed by atoms with E-state index in [4.69, 9.17) is 9.84 Å². The second-order valence-electron chi connectivity index (χ2n) is 4.70. The third-order valence-corrected chi connectivity index (χ3v) is 3.24. The summed E-state index contributed by atoms with van der Waals surface area (Å²) in [5.41, 5.74) is 1.82. The van der Waals surface area contributed by atoms with Gasteiger partial charge >= 0.3 is 11.9 Å². The minimum absolute atomic E-state index is 0.213.